The lowest BCUT2D eigenvalue weighted by Crippen LogP contribution is -2.13. The lowest BCUT2D eigenvalue weighted by atomic mass is 9.92. The summed E-state index contributed by atoms with van der Waals surface area (Å²) in [5, 5.41) is 8.88. The molecule has 0 aliphatic heterocycles. The molecule has 0 spiro atoms. The molecule has 0 unspecified atom stereocenters. The van der Waals surface area contributed by atoms with Gasteiger partial charge in [-0.2, -0.15) is 5.26 Å². The van der Waals surface area contributed by atoms with E-state index in [1.807, 2.05) is 0 Å². The normalized spacial score (nSPS) is 11.9. The molecule has 19 heavy (non-hydrogen) atoms. The van der Waals surface area contributed by atoms with Gasteiger partial charge in [-0.1, -0.05) is 15.9 Å². The first kappa shape index (κ1) is 16.3. The smallest absolute Gasteiger partial charge is 0.265 e. The van der Waals surface area contributed by atoms with E-state index >= 15 is 0 Å². The van der Waals surface area contributed by atoms with Crippen molar-refractivity contribution in [1.29, 1.82) is 5.26 Å². The monoisotopic (exact) mass is 365 g/mol. The summed E-state index contributed by atoms with van der Waals surface area (Å²) < 4.78 is 28.9. The molecule has 0 aliphatic rings. The van der Waals surface area contributed by atoms with Gasteiger partial charge in [-0.05, 0) is 38.5 Å². The topological polar surface area (TPSA) is 67.2 Å². The maximum absolute atomic E-state index is 11.4. The molecule has 0 amide bonds. The lowest BCUT2D eigenvalue weighted by molar-refractivity contribution is 0.259. The van der Waals surface area contributed by atoms with E-state index in [9.17, 15) is 8.42 Å². The molecule has 0 heterocycles. The average Bonchev–Trinajstić information content (AvgIpc) is 2.29. The van der Waals surface area contributed by atoms with Crippen molar-refractivity contribution in [2.75, 3.05) is 6.61 Å². The molecule has 0 fully saturated rings. The van der Waals surface area contributed by atoms with Crippen LogP contribution in [0.3, 0.4) is 0 Å². The molecule has 0 saturated heterocycles. The fourth-order valence-corrected chi connectivity index (χ4v) is 2.77. The Bertz CT molecular complexity index is 608. The van der Waals surface area contributed by atoms with Crippen molar-refractivity contribution in [3.05, 3.63) is 22.7 Å². The second-order valence-electron chi connectivity index (χ2n) is 4.62. The quantitative estimate of drug-likeness (QED) is 0.745. The Labute approximate surface area is 125 Å². The number of nitrogens with zero attached hydrogens (tertiary/aromatic N) is 1. The zero-order chi connectivity index (χ0) is 14.7. The summed E-state index contributed by atoms with van der Waals surface area (Å²) in [5.74, 6) is 0.187. The Hall–Kier alpha value is -0.770. The average molecular weight is 367 g/mol. The number of nitriles is 1. The van der Waals surface area contributed by atoms with Crippen molar-refractivity contribution in [2.45, 2.75) is 25.2 Å². The van der Waals surface area contributed by atoms with E-state index in [1.165, 1.54) is 12.1 Å². The fourth-order valence-electron chi connectivity index (χ4n) is 1.26. The van der Waals surface area contributed by atoms with Gasteiger partial charge in [0.15, 0.2) is 0 Å². The number of ether oxygens (including phenoxy) is 1. The van der Waals surface area contributed by atoms with Crippen LogP contribution >= 0.6 is 26.6 Å². The van der Waals surface area contributed by atoms with Crippen molar-refractivity contribution in [1.82, 2.24) is 0 Å². The Kier molecular flexibility index (Phi) is 5.25. The van der Waals surface area contributed by atoms with E-state index in [-0.39, 0.29) is 17.3 Å². The van der Waals surface area contributed by atoms with Gasteiger partial charge in [-0.15, -0.1) is 0 Å². The van der Waals surface area contributed by atoms with Crippen LogP contribution in [0.5, 0.6) is 5.75 Å². The highest BCUT2D eigenvalue weighted by Crippen LogP contribution is 2.30. The Morgan fingerprint density at radius 3 is 2.63 bits per heavy atom. The number of halogens is 2. The maximum atomic E-state index is 11.4. The molecule has 0 aliphatic carbocycles. The maximum Gasteiger partial charge on any atom is 0.265 e. The zero-order valence-electron chi connectivity index (χ0n) is 10.5. The van der Waals surface area contributed by atoms with Crippen LogP contribution in [0.4, 0.5) is 0 Å². The van der Waals surface area contributed by atoms with Gasteiger partial charge in [0.05, 0.1) is 18.1 Å². The summed E-state index contributed by atoms with van der Waals surface area (Å²) >= 11 is 3.18. The van der Waals surface area contributed by atoms with E-state index in [0.29, 0.717) is 10.9 Å². The summed E-state index contributed by atoms with van der Waals surface area (Å²) in [5.41, 5.74) is -0.518. The minimum Gasteiger partial charge on any atom is -0.492 e. The van der Waals surface area contributed by atoms with Crippen LogP contribution in [0.1, 0.15) is 20.3 Å². The van der Waals surface area contributed by atoms with Gasteiger partial charge in [-0.3, -0.25) is 0 Å². The first-order chi connectivity index (χ1) is 8.65. The molecular weight excluding hydrogens is 354 g/mol. The summed E-state index contributed by atoms with van der Waals surface area (Å²) in [7, 11) is 1.48. The molecule has 4 nitrogen and oxygen atoms in total. The van der Waals surface area contributed by atoms with Gasteiger partial charge in [0, 0.05) is 15.2 Å². The molecule has 0 aromatic heterocycles. The van der Waals surface area contributed by atoms with Crippen LogP contribution in [-0.2, 0) is 9.05 Å². The van der Waals surface area contributed by atoms with Crippen molar-refractivity contribution in [3.8, 4) is 11.8 Å². The Morgan fingerprint density at radius 1 is 1.47 bits per heavy atom. The van der Waals surface area contributed by atoms with Crippen LogP contribution in [0.15, 0.2) is 27.6 Å². The third kappa shape index (κ3) is 5.01. The van der Waals surface area contributed by atoms with Crippen molar-refractivity contribution < 1.29 is 13.2 Å². The van der Waals surface area contributed by atoms with Crippen LogP contribution in [-0.4, -0.2) is 15.0 Å². The summed E-state index contributed by atoms with van der Waals surface area (Å²) in [6.45, 7) is 3.82. The standard InChI is InChI=1S/C12H13BrClNO3S/c1-12(2,8-15)5-6-18-10-4-3-9(13)7-11(10)19(14,16)17/h3-4,7H,5-6H2,1-2H3. The molecule has 7 heteroatoms. The predicted molar refractivity (Wildman–Crippen MR) is 76.7 cm³/mol. The van der Waals surface area contributed by atoms with Gasteiger partial charge in [0.2, 0.25) is 0 Å². The minimum absolute atomic E-state index is 0.0849. The van der Waals surface area contributed by atoms with E-state index in [0.717, 1.165) is 0 Å². The molecule has 1 aromatic rings. The highest BCUT2D eigenvalue weighted by molar-refractivity contribution is 9.10. The van der Waals surface area contributed by atoms with Gasteiger partial charge >= 0.3 is 0 Å². The van der Waals surface area contributed by atoms with Crippen LogP contribution in [0.2, 0.25) is 0 Å². The predicted octanol–water partition coefficient (Wildman–Crippen LogP) is 3.70. The molecule has 0 radical (unpaired) electrons. The number of hydrogen-bond acceptors (Lipinski definition) is 4. The SMILES string of the molecule is CC(C)(C#N)CCOc1ccc(Br)cc1S(=O)(=O)Cl. The number of hydrogen-bond donors (Lipinski definition) is 0. The van der Waals surface area contributed by atoms with Gasteiger partial charge < -0.3 is 4.74 Å². The molecule has 1 aromatic carbocycles. The van der Waals surface area contributed by atoms with Crippen molar-refractivity contribution in [2.24, 2.45) is 5.41 Å². The van der Waals surface area contributed by atoms with E-state index < -0.39 is 14.5 Å². The zero-order valence-corrected chi connectivity index (χ0v) is 13.6. The number of benzene rings is 1. The molecule has 104 valence electrons. The van der Waals surface area contributed by atoms with Crippen LogP contribution in [0, 0.1) is 16.7 Å². The Balaban J connectivity index is 2.89. The summed E-state index contributed by atoms with van der Waals surface area (Å²) in [6.07, 6.45) is 0.487. The number of rotatable bonds is 5. The molecule has 1 rings (SSSR count). The second kappa shape index (κ2) is 6.12. The van der Waals surface area contributed by atoms with E-state index in [4.69, 9.17) is 20.7 Å². The first-order valence-corrected chi connectivity index (χ1v) is 8.54. The largest absolute Gasteiger partial charge is 0.492 e. The van der Waals surface area contributed by atoms with Crippen LogP contribution in [0.25, 0.3) is 0 Å². The van der Waals surface area contributed by atoms with E-state index in [1.54, 1.807) is 19.9 Å². The second-order valence-corrected chi connectivity index (χ2v) is 8.07. The van der Waals surface area contributed by atoms with Crippen molar-refractivity contribution in [3.63, 3.8) is 0 Å². The fraction of sp³-hybridized carbons (Fsp3) is 0.417. The third-order valence-electron chi connectivity index (χ3n) is 2.46. The summed E-state index contributed by atoms with van der Waals surface area (Å²) in [6, 6.07) is 6.72. The van der Waals surface area contributed by atoms with Gasteiger partial charge in [0.25, 0.3) is 9.05 Å². The molecule has 0 N–H and O–H groups in total. The lowest BCUT2D eigenvalue weighted by Gasteiger charge is -2.16. The van der Waals surface area contributed by atoms with Gasteiger partial charge in [-0.25, -0.2) is 8.42 Å². The highest BCUT2D eigenvalue weighted by atomic mass is 79.9. The third-order valence-corrected chi connectivity index (χ3v) is 4.29. The first-order valence-electron chi connectivity index (χ1n) is 5.44. The highest BCUT2D eigenvalue weighted by Gasteiger charge is 2.20. The molecular formula is C12H13BrClNO3S. The van der Waals surface area contributed by atoms with Crippen molar-refractivity contribution >= 4 is 35.7 Å². The van der Waals surface area contributed by atoms with Crippen LogP contribution < -0.4 is 4.74 Å². The molecule has 0 atom stereocenters. The Morgan fingerprint density at radius 2 is 2.11 bits per heavy atom. The van der Waals surface area contributed by atoms with Gasteiger partial charge in [0.1, 0.15) is 10.6 Å². The molecule has 0 bridgehead atoms. The molecule has 0 saturated carbocycles. The van der Waals surface area contributed by atoms with E-state index in [2.05, 4.69) is 22.0 Å². The minimum atomic E-state index is -3.88. The summed E-state index contributed by atoms with van der Waals surface area (Å²) in [4.78, 5) is -0.0849.